The van der Waals surface area contributed by atoms with E-state index in [-0.39, 0.29) is 0 Å². The second-order valence-electron chi connectivity index (χ2n) is 5.75. The molecule has 0 unspecified atom stereocenters. The van der Waals surface area contributed by atoms with Crippen molar-refractivity contribution in [2.45, 2.75) is 51.5 Å². The first kappa shape index (κ1) is 16.4. The number of carbonyl (C=O) groups is 1. The Morgan fingerprint density at radius 1 is 1.52 bits per heavy atom. The number of likely N-dealkylation sites (tertiary alicyclic amines) is 1. The lowest BCUT2D eigenvalue weighted by Crippen LogP contribution is -2.39. The standard InChI is InChI=1S/C16H27N3OS/c1-3-4-9-18-11-8-17-16(18)14-6-5-10-19(13-14)15(20)7-12-21-2/h8,11,14H,3-7,9-10,12-13H2,1-2H3/t14-/m1/s1. The highest BCUT2D eigenvalue weighted by atomic mass is 32.2. The second kappa shape index (κ2) is 8.47. The zero-order valence-corrected chi connectivity index (χ0v) is 14.1. The van der Waals surface area contributed by atoms with Gasteiger partial charge in [0.2, 0.25) is 5.91 Å². The molecule has 0 spiro atoms. The van der Waals surface area contributed by atoms with E-state index in [1.807, 2.05) is 11.1 Å². The Bertz CT molecular complexity index is 446. The lowest BCUT2D eigenvalue weighted by molar-refractivity contribution is -0.132. The highest BCUT2D eigenvalue weighted by Crippen LogP contribution is 2.26. The van der Waals surface area contributed by atoms with Crippen molar-refractivity contribution in [1.82, 2.24) is 14.5 Å². The summed E-state index contributed by atoms with van der Waals surface area (Å²) in [5.74, 6) is 2.81. The van der Waals surface area contributed by atoms with Crippen LogP contribution in [-0.2, 0) is 11.3 Å². The van der Waals surface area contributed by atoms with E-state index in [0.717, 1.165) is 38.2 Å². The SMILES string of the molecule is CCCCn1ccnc1[C@@H]1CCCN(C(=O)CCSC)C1. The molecular formula is C16H27N3OS. The average molecular weight is 309 g/mol. The van der Waals surface area contributed by atoms with Crippen LogP contribution in [0.1, 0.15) is 50.8 Å². The predicted octanol–water partition coefficient (Wildman–Crippen LogP) is 3.14. The van der Waals surface area contributed by atoms with Crippen LogP contribution < -0.4 is 0 Å². The summed E-state index contributed by atoms with van der Waals surface area (Å²) in [6.45, 7) is 5.02. The Hall–Kier alpha value is -0.970. The molecule has 5 heteroatoms. The van der Waals surface area contributed by atoms with Crippen LogP contribution in [0.2, 0.25) is 0 Å². The van der Waals surface area contributed by atoms with Crippen LogP contribution in [0.5, 0.6) is 0 Å². The number of aryl methyl sites for hydroxylation is 1. The number of hydrogen-bond donors (Lipinski definition) is 0. The topological polar surface area (TPSA) is 38.1 Å². The Morgan fingerprint density at radius 2 is 2.38 bits per heavy atom. The third-order valence-electron chi connectivity index (χ3n) is 4.16. The molecule has 2 rings (SSSR count). The Labute approximate surface area is 132 Å². The largest absolute Gasteiger partial charge is 0.342 e. The average Bonchev–Trinajstić information content (AvgIpc) is 2.99. The Morgan fingerprint density at radius 3 is 3.14 bits per heavy atom. The summed E-state index contributed by atoms with van der Waals surface area (Å²) in [4.78, 5) is 18.8. The zero-order valence-electron chi connectivity index (χ0n) is 13.3. The van der Waals surface area contributed by atoms with E-state index in [2.05, 4.69) is 28.9 Å². The Balaban J connectivity index is 1.97. The van der Waals surface area contributed by atoms with Gasteiger partial charge in [-0.2, -0.15) is 11.8 Å². The summed E-state index contributed by atoms with van der Waals surface area (Å²) in [5, 5.41) is 0. The minimum absolute atomic E-state index is 0.306. The van der Waals surface area contributed by atoms with Crippen molar-refractivity contribution >= 4 is 17.7 Å². The summed E-state index contributed by atoms with van der Waals surface area (Å²) >= 11 is 1.74. The highest BCUT2D eigenvalue weighted by Gasteiger charge is 2.26. The first-order valence-corrected chi connectivity index (χ1v) is 9.43. The molecule has 4 nitrogen and oxygen atoms in total. The van der Waals surface area contributed by atoms with Gasteiger partial charge in [0.05, 0.1) is 0 Å². The molecule has 1 aromatic rings. The maximum atomic E-state index is 12.2. The quantitative estimate of drug-likeness (QED) is 0.776. The Kier molecular flexibility index (Phi) is 6.61. The van der Waals surface area contributed by atoms with E-state index in [9.17, 15) is 4.79 Å². The van der Waals surface area contributed by atoms with Crippen LogP contribution in [0, 0.1) is 0 Å². The summed E-state index contributed by atoms with van der Waals surface area (Å²) in [6.07, 6.45) is 11.3. The molecule has 1 amide bonds. The number of unbranched alkanes of at least 4 members (excludes halogenated alkanes) is 1. The van der Waals surface area contributed by atoms with E-state index in [4.69, 9.17) is 0 Å². The van der Waals surface area contributed by atoms with Crippen LogP contribution in [0.4, 0.5) is 0 Å². The number of piperidine rings is 1. The molecule has 0 aliphatic carbocycles. The third-order valence-corrected chi connectivity index (χ3v) is 4.77. The van der Waals surface area contributed by atoms with Gasteiger partial charge in [-0.25, -0.2) is 4.98 Å². The van der Waals surface area contributed by atoms with Gasteiger partial charge in [-0.05, 0) is 25.5 Å². The molecule has 1 aliphatic heterocycles. The summed E-state index contributed by atoms with van der Waals surface area (Å²) in [5.41, 5.74) is 0. The molecule has 0 radical (unpaired) electrons. The fraction of sp³-hybridized carbons (Fsp3) is 0.750. The molecule has 21 heavy (non-hydrogen) atoms. The zero-order chi connectivity index (χ0) is 15.1. The van der Waals surface area contributed by atoms with Crippen molar-refractivity contribution in [1.29, 1.82) is 0 Å². The monoisotopic (exact) mass is 309 g/mol. The van der Waals surface area contributed by atoms with Crippen LogP contribution in [0.15, 0.2) is 12.4 Å². The molecule has 118 valence electrons. The minimum Gasteiger partial charge on any atom is -0.342 e. The van der Waals surface area contributed by atoms with Crippen molar-refractivity contribution in [2.75, 3.05) is 25.1 Å². The number of amides is 1. The van der Waals surface area contributed by atoms with E-state index in [1.54, 1.807) is 11.8 Å². The summed E-state index contributed by atoms with van der Waals surface area (Å²) in [7, 11) is 0. The predicted molar refractivity (Wildman–Crippen MR) is 88.7 cm³/mol. The molecule has 1 aliphatic rings. The van der Waals surface area contributed by atoms with Gasteiger partial charge >= 0.3 is 0 Å². The molecule has 0 bridgehead atoms. The van der Waals surface area contributed by atoms with E-state index >= 15 is 0 Å². The van der Waals surface area contributed by atoms with Crippen LogP contribution in [-0.4, -0.2) is 45.5 Å². The van der Waals surface area contributed by atoms with Crippen LogP contribution in [0.3, 0.4) is 0 Å². The van der Waals surface area contributed by atoms with Crippen molar-refractivity contribution < 1.29 is 4.79 Å². The second-order valence-corrected chi connectivity index (χ2v) is 6.74. The lowest BCUT2D eigenvalue weighted by Gasteiger charge is -2.32. The normalized spacial score (nSPS) is 19.0. The van der Waals surface area contributed by atoms with Gasteiger partial charge in [0.1, 0.15) is 5.82 Å². The maximum Gasteiger partial charge on any atom is 0.223 e. The van der Waals surface area contributed by atoms with Gasteiger partial charge in [-0.3, -0.25) is 4.79 Å². The minimum atomic E-state index is 0.306. The van der Waals surface area contributed by atoms with Gasteiger partial charge in [0.25, 0.3) is 0 Å². The van der Waals surface area contributed by atoms with Gasteiger partial charge in [0, 0.05) is 50.1 Å². The number of rotatable bonds is 7. The number of hydrogen-bond acceptors (Lipinski definition) is 3. The smallest absolute Gasteiger partial charge is 0.223 e. The first-order valence-electron chi connectivity index (χ1n) is 8.04. The van der Waals surface area contributed by atoms with Gasteiger partial charge in [0.15, 0.2) is 0 Å². The molecular weight excluding hydrogens is 282 g/mol. The molecule has 1 aromatic heterocycles. The molecule has 0 N–H and O–H groups in total. The lowest BCUT2D eigenvalue weighted by atomic mass is 9.97. The first-order chi connectivity index (χ1) is 10.3. The van der Waals surface area contributed by atoms with E-state index < -0.39 is 0 Å². The van der Waals surface area contributed by atoms with Crippen molar-refractivity contribution in [3.63, 3.8) is 0 Å². The van der Waals surface area contributed by atoms with E-state index in [0.29, 0.717) is 18.2 Å². The number of thioether (sulfide) groups is 1. The van der Waals surface area contributed by atoms with Crippen molar-refractivity contribution in [3.05, 3.63) is 18.2 Å². The molecule has 1 saturated heterocycles. The molecule has 1 atom stereocenters. The van der Waals surface area contributed by atoms with Gasteiger partial charge in [-0.15, -0.1) is 0 Å². The number of aromatic nitrogens is 2. The van der Waals surface area contributed by atoms with Crippen molar-refractivity contribution in [3.8, 4) is 0 Å². The number of nitrogens with zero attached hydrogens (tertiary/aromatic N) is 3. The molecule has 1 fully saturated rings. The summed E-state index contributed by atoms with van der Waals surface area (Å²) < 4.78 is 2.28. The van der Waals surface area contributed by atoms with Gasteiger partial charge < -0.3 is 9.47 Å². The maximum absolute atomic E-state index is 12.2. The molecule has 0 aromatic carbocycles. The highest BCUT2D eigenvalue weighted by molar-refractivity contribution is 7.98. The summed E-state index contributed by atoms with van der Waals surface area (Å²) in [6, 6.07) is 0. The third kappa shape index (κ3) is 4.50. The van der Waals surface area contributed by atoms with Crippen LogP contribution in [0.25, 0.3) is 0 Å². The molecule has 0 saturated carbocycles. The van der Waals surface area contributed by atoms with Gasteiger partial charge in [-0.1, -0.05) is 13.3 Å². The van der Waals surface area contributed by atoms with Crippen molar-refractivity contribution in [2.24, 2.45) is 0 Å². The fourth-order valence-corrected chi connectivity index (χ4v) is 3.34. The number of carbonyl (C=O) groups excluding carboxylic acids is 1. The van der Waals surface area contributed by atoms with E-state index in [1.165, 1.54) is 18.7 Å². The molecule has 2 heterocycles. The fourth-order valence-electron chi connectivity index (χ4n) is 2.96. The van der Waals surface area contributed by atoms with Crippen LogP contribution >= 0.6 is 11.8 Å². The number of imidazole rings is 1.